The molecule has 0 saturated heterocycles. The van der Waals surface area contributed by atoms with Crippen LogP contribution < -0.4 is 16.8 Å². The Morgan fingerprint density at radius 2 is 1.78 bits per heavy atom. The van der Waals surface area contributed by atoms with Crippen LogP contribution in [-0.2, 0) is 0 Å². The highest BCUT2D eigenvalue weighted by Crippen LogP contribution is 2.30. The van der Waals surface area contributed by atoms with Gasteiger partial charge < -0.3 is 5.73 Å². The lowest BCUT2D eigenvalue weighted by atomic mass is 10.0. The first-order valence-corrected chi connectivity index (χ1v) is 6.23. The molecule has 0 spiro atoms. The van der Waals surface area contributed by atoms with Crippen LogP contribution in [0.2, 0.25) is 0 Å². The van der Waals surface area contributed by atoms with Crippen LogP contribution in [0.4, 0.5) is 5.69 Å². The summed E-state index contributed by atoms with van der Waals surface area (Å²) >= 11 is 0. The van der Waals surface area contributed by atoms with E-state index in [2.05, 4.69) is 24.2 Å². The molecule has 1 aliphatic heterocycles. The number of hydrogen-bond acceptors (Lipinski definition) is 4. The molecule has 0 aromatic heterocycles. The summed E-state index contributed by atoms with van der Waals surface area (Å²) in [5.74, 6) is 0.904. The standard InChI is InChI=1S/C13H19N5/c1-3-13(4-2)17-11(14)16-12(15)18(13)10-8-6-5-7-9-10/h5-9H,3-4H2,1-2H3,(H4,14,15,16,17)/p+1. The van der Waals surface area contributed by atoms with E-state index in [9.17, 15) is 0 Å². The molecule has 1 aromatic carbocycles. The van der Waals surface area contributed by atoms with Crippen molar-refractivity contribution in [2.24, 2.45) is 16.5 Å². The number of guanidine groups is 2. The first kappa shape index (κ1) is 12.4. The van der Waals surface area contributed by atoms with E-state index in [1.807, 2.05) is 34.9 Å². The zero-order valence-electron chi connectivity index (χ0n) is 10.9. The van der Waals surface area contributed by atoms with E-state index in [-0.39, 0.29) is 0 Å². The third kappa shape index (κ3) is 1.92. The normalized spacial score (nSPS) is 18.2. The third-order valence-corrected chi connectivity index (χ3v) is 3.39. The summed E-state index contributed by atoms with van der Waals surface area (Å²) in [6.07, 6.45) is 1.67. The summed E-state index contributed by atoms with van der Waals surface area (Å²) in [5, 5.41) is 2.90. The Hall–Kier alpha value is -2.04. The number of para-hydroxylation sites is 1. The average molecular weight is 246 g/mol. The summed E-state index contributed by atoms with van der Waals surface area (Å²) in [5.41, 5.74) is 12.5. The van der Waals surface area contributed by atoms with Crippen LogP contribution >= 0.6 is 0 Å². The molecule has 1 aliphatic rings. The lowest BCUT2D eigenvalue weighted by Crippen LogP contribution is -2.57. The van der Waals surface area contributed by atoms with Gasteiger partial charge in [-0.1, -0.05) is 32.0 Å². The van der Waals surface area contributed by atoms with Gasteiger partial charge in [0.25, 0.3) is 5.96 Å². The van der Waals surface area contributed by atoms with E-state index in [1.165, 1.54) is 0 Å². The monoisotopic (exact) mass is 246 g/mol. The molecule has 2 rings (SSSR count). The molecular weight excluding hydrogens is 226 g/mol. The lowest BCUT2D eigenvalue weighted by molar-refractivity contribution is -0.539. The van der Waals surface area contributed by atoms with Gasteiger partial charge in [-0.2, -0.15) is 4.99 Å². The van der Waals surface area contributed by atoms with E-state index in [0.717, 1.165) is 18.5 Å². The van der Waals surface area contributed by atoms with E-state index < -0.39 is 5.66 Å². The molecule has 5 N–H and O–H groups in total. The van der Waals surface area contributed by atoms with Gasteiger partial charge in [0, 0.05) is 12.8 Å². The molecule has 18 heavy (non-hydrogen) atoms. The highest BCUT2D eigenvalue weighted by atomic mass is 15.4. The van der Waals surface area contributed by atoms with Crippen molar-refractivity contribution in [3.8, 4) is 0 Å². The maximum atomic E-state index is 6.10. The minimum absolute atomic E-state index is 0.378. The van der Waals surface area contributed by atoms with Crippen LogP contribution in [0, 0.1) is 0 Å². The van der Waals surface area contributed by atoms with Gasteiger partial charge in [-0.15, -0.1) is 0 Å². The Labute approximate surface area is 107 Å². The maximum absolute atomic E-state index is 6.10. The fourth-order valence-corrected chi connectivity index (χ4v) is 2.39. The van der Waals surface area contributed by atoms with Gasteiger partial charge in [-0.3, -0.25) is 5.73 Å². The summed E-state index contributed by atoms with van der Waals surface area (Å²) in [4.78, 5) is 4.57. The fraction of sp³-hybridized carbons (Fsp3) is 0.385. The molecule has 0 fully saturated rings. The fourth-order valence-electron chi connectivity index (χ4n) is 2.39. The van der Waals surface area contributed by atoms with E-state index in [1.54, 1.807) is 0 Å². The van der Waals surface area contributed by atoms with Gasteiger partial charge in [0.05, 0.1) is 0 Å². The predicted molar refractivity (Wildman–Crippen MR) is 73.6 cm³/mol. The molecule has 0 bridgehead atoms. The lowest BCUT2D eigenvalue weighted by Gasteiger charge is -2.33. The zero-order chi connectivity index (χ0) is 13.2. The summed E-state index contributed by atoms with van der Waals surface area (Å²) < 4.78 is 2.02. The predicted octanol–water partition coefficient (Wildman–Crippen LogP) is 1.08. The molecule has 0 unspecified atom stereocenters. The van der Waals surface area contributed by atoms with Crippen LogP contribution in [0.3, 0.4) is 0 Å². The molecule has 0 amide bonds. The van der Waals surface area contributed by atoms with E-state index in [4.69, 9.17) is 11.5 Å². The molecular formula is C13H20N5+. The summed E-state index contributed by atoms with van der Waals surface area (Å²) in [7, 11) is 0. The van der Waals surface area contributed by atoms with Gasteiger partial charge in [-0.05, 0) is 12.1 Å². The summed E-state index contributed by atoms with van der Waals surface area (Å²) in [6.45, 7) is 4.18. The number of rotatable bonds is 3. The Morgan fingerprint density at radius 3 is 2.33 bits per heavy atom. The topological polar surface area (TPSA) is 79.4 Å². The number of nitrogens with one attached hydrogen (secondary N) is 1. The van der Waals surface area contributed by atoms with Gasteiger partial charge >= 0.3 is 5.96 Å². The minimum atomic E-state index is -0.402. The third-order valence-electron chi connectivity index (χ3n) is 3.39. The van der Waals surface area contributed by atoms with Crippen molar-refractivity contribution in [1.82, 2.24) is 5.32 Å². The highest BCUT2D eigenvalue weighted by Gasteiger charge is 2.39. The number of hydrogen-bond donors (Lipinski definition) is 3. The minimum Gasteiger partial charge on any atom is -0.357 e. The van der Waals surface area contributed by atoms with Crippen LogP contribution in [0.25, 0.3) is 0 Å². The van der Waals surface area contributed by atoms with Gasteiger partial charge in [-0.25, -0.2) is 9.89 Å². The Balaban J connectivity index is 2.58. The molecule has 0 aliphatic carbocycles. The zero-order valence-corrected chi connectivity index (χ0v) is 10.9. The second kappa shape index (κ2) is 4.68. The molecule has 5 heteroatoms. The number of nitrogens with two attached hydrogens (primary N) is 2. The Kier molecular flexibility index (Phi) is 3.23. The maximum Gasteiger partial charge on any atom is 0.357 e. The number of benzene rings is 1. The second-order valence-electron chi connectivity index (χ2n) is 4.37. The quantitative estimate of drug-likeness (QED) is 0.698. The average Bonchev–Trinajstić information content (AvgIpc) is 2.38. The van der Waals surface area contributed by atoms with Crippen molar-refractivity contribution < 1.29 is 4.58 Å². The smallest absolute Gasteiger partial charge is 0.357 e. The largest absolute Gasteiger partial charge is 0.357 e. The van der Waals surface area contributed by atoms with Crippen LogP contribution in [-0.4, -0.2) is 22.2 Å². The van der Waals surface area contributed by atoms with Crippen molar-refractivity contribution in [2.75, 3.05) is 0 Å². The van der Waals surface area contributed by atoms with E-state index in [0.29, 0.717) is 11.9 Å². The molecule has 1 aromatic rings. The van der Waals surface area contributed by atoms with Crippen LogP contribution in [0.5, 0.6) is 0 Å². The second-order valence-corrected chi connectivity index (χ2v) is 4.37. The van der Waals surface area contributed by atoms with Gasteiger partial charge in [0.1, 0.15) is 5.69 Å². The van der Waals surface area contributed by atoms with E-state index >= 15 is 0 Å². The van der Waals surface area contributed by atoms with Crippen LogP contribution in [0.15, 0.2) is 35.3 Å². The molecule has 96 valence electrons. The van der Waals surface area contributed by atoms with Gasteiger partial charge in [0.15, 0.2) is 5.66 Å². The van der Waals surface area contributed by atoms with Crippen LogP contribution in [0.1, 0.15) is 26.7 Å². The van der Waals surface area contributed by atoms with Crippen molar-refractivity contribution in [3.05, 3.63) is 30.3 Å². The number of aliphatic imine (C=N–C) groups is 1. The molecule has 0 saturated carbocycles. The molecule has 5 nitrogen and oxygen atoms in total. The first-order valence-electron chi connectivity index (χ1n) is 6.23. The first-order chi connectivity index (χ1) is 8.63. The SMILES string of the molecule is CCC1(CC)N=C(N)NC(N)=[N+]1c1ccccc1. The Bertz CT molecular complexity index is 485. The van der Waals surface area contributed by atoms with Gasteiger partial charge in [0.2, 0.25) is 0 Å². The van der Waals surface area contributed by atoms with Crippen molar-refractivity contribution in [3.63, 3.8) is 0 Å². The summed E-state index contributed by atoms with van der Waals surface area (Å²) in [6, 6.07) is 9.99. The Morgan fingerprint density at radius 1 is 1.17 bits per heavy atom. The molecule has 0 radical (unpaired) electrons. The number of nitrogens with zero attached hydrogens (tertiary/aromatic N) is 2. The molecule has 1 heterocycles. The highest BCUT2D eigenvalue weighted by molar-refractivity contribution is 5.96. The molecule has 0 atom stereocenters. The van der Waals surface area contributed by atoms with Crippen molar-refractivity contribution >= 4 is 17.6 Å². The van der Waals surface area contributed by atoms with Crippen molar-refractivity contribution in [2.45, 2.75) is 32.4 Å². The van der Waals surface area contributed by atoms with Crippen molar-refractivity contribution in [1.29, 1.82) is 0 Å².